The number of nitrogens with one attached hydrogen (secondary N) is 1. The smallest absolute Gasteiger partial charge is 0.230 e. The summed E-state index contributed by atoms with van der Waals surface area (Å²) in [4.78, 5) is 12.0. The molecule has 1 heterocycles. The van der Waals surface area contributed by atoms with Crippen LogP contribution in [0.15, 0.2) is 4.34 Å². The molecule has 1 aromatic heterocycles. The lowest BCUT2D eigenvalue weighted by Crippen LogP contribution is -2.44. The Labute approximate surface area is 122 Å². The van der Waals surface area contributed by atoms with Gasteiger partial charge in [0.1, 0.15) is 5.01 Å². The lowest BCUT2D eigenvalue weighted by atomic mass is 9.78. The molecule has 1 saturated carbocycles. The second-order valence-electron chi connectivity index (χ2n) is 5.32. The van der Waals surface area contributed by atoms with E-state index >= 15 is 0 Å². The number of aryl methyl sites for hydroxylation is 1. The van der Waals surface area contributed by atoms with Crippen LogP contribution in [0.25, 0.3) is 0 Å². The fourth-order valence-electron chi connectivity index (χ4n) is 2.50. The Balaban J connectivity index is 1.77. The third-order valence-corrected chi connectivity index (χ3v) is 5.86. The maximum absolute atomic E-state index is 12.0. The third-order valence-electron chi connectivity index (χ3n) is 3.89. The van der Waals surface area contributed by atoms with Crippen LogP contribution in [0.2, 0.25) is 0 Å². The number of hydrogen-bond acceptors (Lipinski definition) is 5. The number of thioether (sulfide) groups is 1. The Kier molecular flexibility index (Phi) is 5.21. The van der Waals surface area contributed by atoms with Crippen LogP contribution in [-0.2, 0) is 4.79 Å². The van der Waals surface area contributed by atoms with Crippen LogP contribution in [0, 0.1) is 18.8 Å². The highest BCUT2D eigenvalue weighted by Crippen LogP contribution is 2.29. The van der Waals surface area contributed by atoms with E-state index < -0.39 is 0 Å². The quantitative estimate of drug-likeness (QED) is 0.869. The number of hydrogen-bond donors (Lipinski definition) is 1. The van der Waals surface area contributed by atoms with Crippen molar-refractivity contribution >= 4 is 29.0 Å². The Morgan fingerprint density at radius 3 is 2.89 bits per heavy atom. The lowest BCUT2D eigenvalue weighted by Gasteiger charge is -2.34. The Morgan fingerprint density at radius 1 is 1.42 bits per heavy atom. The van der Waals surface area contributed by atoms with Gasteiger partial charge < -0.3 is 5.32 Å². The van der Waals surface area contributed by atoms with Gasteiger partial charge in [0.25, 0.3) is 0 Å². The van der Waals surface area contributed by atoms with Crippen molar-refractivity contribution in [3.05, 3.63) is 5.01 Å². The van der Waals surface area contributed by atoms with Crippen molar-refractivity contribution in [3.8, 4) is 0 Å². The van der Waals surface area contributed by atoms with E-state index in [0.717, 1.165) is 15.8 Å². The molecule has 19 heavy (non-hydrogen) atoms. The number of rotatable bonds is 4. The second kappa shape index (κ2) is 6.70. The van der Waals surface area contributed by atoms with Crippen LogP contribution in [0.5, 0.6) is 0 Å². The first-order valence-electron chi connectivity index (χ1n) is 6.78. The molecule has 4 nitrogen and oxygen atoms in total. The first-order valence-corrected chi connectivity index (χ1v) is 8.58. The van der Waals surface area contributed by atoms with E-state index in [9.17, 15) is 4.79 Å². The first-order chi connectivity index (χ1) is 9.06. The topological polar surface area (TPSA) is 54.9 Å². The monoisotopic (exact) mass is 299 g/mol. The summed E-state index contributed by atoms with van der Waals surface area (Å²) < 4.78 is 0.873. The van der Waals surface area contributed by atoms with Crippen LogP contribution < -0.4 is 5.32 Å². The van der Waals surface area contributed by atoms with Crippen molar-refractivity contribution in [2.45, 2.75) is 50.4 Å². The van der Waals surface area contributed by atoms with Gasteiger partial charge >= 0.3 is 0 Å². The zero-order chi connectivity index (χ0) is 13.8. The summed E-state index contributed by atoms with van der Waals surface area (Å²) in [6.07, 6.45) is 3.62. The molecular formula is C13H21N3OS2. The van der Waals surface area contributed by atoms with Gasteiger partial charge in [0.05, 0.1) is 5.75 Å². The lowest BCUT2D eigenvalue weighted by molar-refractivity contribution is -0.119. The van der Waals surface area contributed by atoms with Crippen LogP contribution in [0.3, 0.4) is 0 Å². The first kappa shape index (κ1) is 14.8. The molecule has 0 unspecified atom stereocenters. The summed E-state index contributed by atoms with van der Waals surface area (Å²) in [5, 5.41) is 12.1. The van der Waals surface area contributed by atoms with Crippen LogP contribution in [-0.4, -0.2) is 27.9 Å². The molecule has 1 amide bonds. The maximum atomic E-state index is 12.0. The zero-order valence-corrected chi connectivity index (χ0v) is 13.3. The highest BCUT2D eigenvalue weighted by molar-refractivity contribution is 8.01. The van der Waals surface area contributed by atoms with Gasteiger partial charge in [-0.3, -0.25) is 4.79 Å². The summed E-state index contributed by atoms with van der Waals surface area (Å²) in [5.41, 5.74) is 0. The van der Waals surface area contributed by atoms with Crippen molar-refractivity contribution in [1.82, 2.24) is 15.5 Å². The van der Waals surface area contributed by atoms with E-state index in [1.165, 1.54) is 35.9 Å². The van der Waals surface area contributed by atoms with Crippen molar-refractivity contribution < 1.29 is 4.79 Å². The third kappa shape index (κ3) is 4.18. The van der Waals surface area contributed by atoms with Gasteiger partial charge in [-0.1, -0.05) is 49.8 Å². The molecule has 0 saturated heterocycles. The molecule has 1 N–H and O–H groups in total. The van der Waals surface area contributed by atoms with E-state index in [4.69, 9.17) is 0 Å². The average Bonchev–Trinajstić information content (AvgIpc) is 2.78. The van der Waals surface area contributed by atoms with Crippen LogP contribution in [0.1, 0.15) is 38.1 Å². The van der Waals surface area contributed by atoms with Gasteiger partial charge in [-0.15, -0.1) is 10.2 Å². The molecule has 0 spiro atoms. The summed E-state index contributed by atoms with van der Waals surface area (Å²) in [6, 6.07) is 0.341. The normalized spacial score (nSPS) is 27.2. The van der Waals surface area contributed by atoms with Crippen molar-refractivity contribution in [2.75, 3.05) is 5.75 Å². The van der Waals surface area contributed by atoms with E-state index in [1.54, 1.807) is 0 Å². The Morgan fingerprint density at radius 2 is 2.21 bits per heavy atom. The molecule has 1 aromatic rings. The van der Waals surface area contributed by atoms with E-state index in [1.807, 2.05) is 6.92 Å². The number of carbonyl (C=O) groups excluding carboxylic acids is 1. The molecule has 2 rings (SSSR count). The van der Waals surface area contributed by atoms with Gasteiger partial charge in [-0.2, -0.15) is 0 Å². The van der Waals surface area contributed by atoms with Crippen LogP contribution >= 0.6 is 23.1 Å². The number of nitrogens with zero attached hydrogens (tertiary/aromatic N) is 2. The number of carbonyl (C=O) groups is 1. The van der Waals surface area contributed by atoms with Crippen molar-refractivity contribution in [2.24, 2.45) is 11.8 Å². The molecule has 0 aliphatic heterocycles. The standard InChI is InChI=1S/C13H21N3OS2/c1-8-5-4-6-11(9(8)2)14-12(17)7-18-13-16-15-10(3)19-13/h8-9,11H,4-7H2,1-3H3,(H,14,17)/t8-,9-,11-/m1/s1. The maximum Gasteiger partial charge on any atom is 0.230 e. The molecule has 1 fully saturated rings. The van der Waals surface area contributed by atoms with Gasteiger partial charge in [0.2, 0.25) is 5.91 Å². The Bertz CT molecular complexity index is 435. The number of aromatic nitrogens is 2. The largest absolute Gasteiger partial charge is 0.352 e. The van der Waals surface area contributed by atoms with Crippen molar-refractivity contribution in [3.63, 3.8) is 0 Å². The predicted molar refractivity (Wildman–Crippen MR) is 79.5 cm³/mol. The second-order valence-corrected chi connectivity index (χ2v) is 7.72. The fraction of sp³-hybridized carbons (Fsp3) is 0.769. The highest BCUT2D eigenvalue weighted by atomic mass is 32.2. The minimum absolute atomic E-state index is 0.115. The Hall–Kier alpha value is -0.620. The molecule has 0 radical (unpaired) electrons. The van der Waals surface area contributed by atoms with Crippen molar-refractivity contribution in [1.29, 1.82) is 0 Å². The molecule has 0 bridgehead atoms. The van der Waals surface area contributed by atoms with Crippen LogP contribution in [0.4, 0.5) is 0 Å². The molecule has 106 valence electrons. The predicted octanol–water partition coefficient (Wildman–Crippen LogP) is 2.88. The van der Waals surface area contributed by atoms with E-state index in [2.05, 4.69) is 29.4 Å². The van der Waals surface area contributed by atoms with Gasteiger partial charge in [-0.05, 0) is 25.2 Å². The summed E-state index contributed by atoms with van der Waals surface area (Å²) >= 11 is 3.01. The average molecular weight is 299 g/mol. The zero-order valence-electron chi connectivity index (χ0n) is 11.7. The van der Waals surface area contributed by atoms with Gasteiger partial charge in [0, 0.05) is 6.04 Å². The molecule has 3 atom stereocenters. The molecule has 1 aliphatic carbocycles. The summed E-state index contributed by atoms with van der Waals surface area (Å²) in [7, 11) is 0. The molecule has 1 aliphatic rings. The van der Waals surface area contributed by atoms with Gasteiger partial charge in [0.15, 0.2) is 4.34 Å². The minimum Gasteiger partial charge on any atom is -0.352 e. The van der Waals surface area contributed by atoms with E-state index in [-0.39, 0.29) is 5.91 Å². The SMILES string of the molecule is Cc1nnc(SCC(=O)N[C@@H]2CCC[C@@H](C)[C@H]2C)s1. The fourth-order valence-corrected chi connectivity index (χ4v) is 4.12. The van der Waals surface area contributed by atoms with E-state index in [0.29, 0.717) is 23.6 Å². The van der Waals surface area contributed by atoms with Gasteiger partial charge in [-0.25, -0.2) is 0 Å². The summed E-state index contributed by atoms with van der Waals surface area (Å²) in [6.45, 7) is 6.45. The molecule has 6 heteroatoms. The molecule has 0 aromatic carbocycles. The highest BCUT2D eigenvalue weighted by Gasteiger charge is 2.28. The molecular weight excluding hydrogens is 278 g/mol. The minimum atomic E-state index is 0.115. The number of amides is 1. The summed E-state index contributed by atoms with van der Waals surface area (Å²) in [5.74, 6) is 1.83.